The van der Waals surface area contributed by atoms with Crippen LogP contribution >= 0.6 is 23.9 Å². The molecule has 2 aromatic rings. The molecule has 0 bridgehead atoms. The predicted octanol–water partition coefficient (Wildman–Crippen LogP) is 1.63. The average molecular weight is 375 g/mol. The van der Waals surface area contributed by atoms with Crippen LogP contribution in [0.5, 0.6) is 0 Å². The minimum Gasteiger partial charge on any atom is -1.00 e. The topological polar surface area (TPSA) is 0 Å². The third-order valence-corrected chi connectivity index (χ3v) is 14.3. The molecule has 5 heteroatoms. The molecule has 21 heavy (non-hydrogen) atoms. The highest BCUT2D eigenvalue weighted by atomic mass is 35.5. The molecule has 2 rings (SSSR count). The van der Waals surface area contributed by atoms with Gasteiger partial charge in [0.2, 0.25) is 0 Å². The Hall–Kier alpha value is 0.160. The van der Waals surface area contributed by atoms with Gasteiger partial charge in [-0.2, -0.15) is 0 Å². The molecule has 0 atom stereocenters. The maximum Gasteiger partial charge on any atom is 0.109 e. The van der Waals surface area contributed by atoms with Crippen LogP contribution in [0.25, 0.3) is 0 Å². The Morgan fingerprint density at radius 2 is 1.24 bits per heavy atom. The van der Waals surface area contributed by atoms with Gasteiger partial charge in [-0.3, -0.25) is 0 Å². The van der Waals surface area contributed by atoms with Crippen LogP contribution in [0.2, 0.25) is 0 Å². The fraction of sp³-hybridized carbons (Fsp3) is 0.250. The molecule has 114 valence electrons. The molecule has 0 saturated carbocycles. The molecule has 0 N–H and O–H groups in total. The van der Waals surface area contributed by atoms with Gasteiger partial charge in [0.1, 0.15) is 5.49 Å². The molecule has 0 nitrogen and oxygen atoms in total. The minimum atomic E-state index is -1.74. The van der Waals surface area contributed by atoms with Crippen molar-refractivity contribution in [1.82, 2.24) is 0 Å². The van der Waals surface area contributed by atoms with Gasteiger partial charge in [0.05, 0.1) is 5.24 Å². The molecule has 0 aliphatic rings. The second kappa shape index (κ2) is 8.14. The van der Waals surface area contributed by atoms with Gasteiger partial charge in [-0.25, -0.2) is 0 Å². The molecule has 0 heterocycles. The van der Waals surface area contributed by atoms with Crippen molar-refractivity contribution in [3.8, 4) is 0 Å². The first-order valence-corrected chi connectivity index (χ1v) is 14.3. The maximum atomic E-state index is 6.19. The summed E-state index contributed by atoms with van der Waals surface area (Å²) in [5, 5.41) is 0.895. The van der Waals surface area contributed by atoms with Gasteiger partial charge in [-0.1, -0.05) is 83.9 Å². The fourth-order valence-corrected chi connectivity index (χ4v) is 13.8. The van der Waals surface area contributed by atoms with Crippen molar-refractivity contribution in [2.75, 3.05) is 25.5 Å². The lowest BCUT2D eigenvalue weighted by molar-refractivity contribution is -0.00000407. The Kier molecular flexibility index (Phi) is 7.44. The summed E-state index contributed by atoms with van der Waals surface area (Å²) in [4.78, 5) is 0. The summed E-state index contributed by atoms with van der Waals surface area (Å²) in [5.74, 6) is 0. The van der Waals surface area contributed by atoms with Crippen molar-refractivity contribution in [3.05, 3.63) is 60.7 Å². The van der Waals surface area contributed by atoms with E-state index < -0.39 is 12.5 Å². The number of rotatable bonds is 5. The molecule has 0 spiro atoms. The molecule has 0 saturated heterocycles. The molecule has 0 fully saturated rings. The van der Waals surface area contributed by atoms with E-state index in [2.05, 4.69) is 80.7 Å². The molecule has 0 aromatic heterocycles. The summed E-state index contributed by atoms with van der Waals surface area (Å²) in [7, 11) is -0.829. The van der Waals surface area contributed by atoms with E-state index in [1.54, 1.807) is 0 Å². The van der Waals surface area contributed by atoms with Crippen molar-refractivity contribution >= 4 is 46.3 Å². The first kappa shape index (κ1) is 19.2. The first-order chi connectivity index (χ1) is 9.42. The van der Waals surface area contributed by atoms with Gasteiger partial charge in [0.25, 0.3) is 0 Å². The van der Waals surface area contributed by atoms with E-state index in [1.165, 1.54) is 16.1 Å². The van der Waals surface area contributed by atoms with Gasteiger partial charge >= 0.3 is 0 Å². The summed E-state index contributed by atoms with van der Waals surface area (Å²) >= 11 is 8.21. The maximum absolute atomic E-state index is 6.19. The van der Waals surface area contributed by atoms with Gasteiger partial charge < -0.3 is 12.4 Å². The lowest BCUT2D eigenvalue weighted by atomic mass is 10.4. The quantitative estimate of drug-likeness (QED) is 0.730. The number of benzene rings is 2. The molecule has 0 aliphatic heterocycles. The lowest BCUT2D eigenvalue weighted by Gasteiger charge is -2.24. The largest absolute Gasteiger partial charge is 1.00 e. The predicted molar refractivity (Wildman–Crippen MR) is 104 cm³/mol. The molecule has 0 radical (unpaired) electrons. The van der Waals surface area contributed by atoms with E-state index in [-0.39, 0.29) is 12.4 Å². The molecular weight excluding hydrogens is 354 g/mol. The van der Waals surface area contributed by atoms with E-state index in [0.717, 1.165) is 0 Å². The highest BCUT2D eigenvalue weighted by molar-refractivity contribution is 8.76. The van der Waals surface area contributed by atoms with Crippen LogP contribution in [0.1, 0.15) is 0 Å². The van der Waals surface area contributed by atoms with E-state index in [1.807, 2.05) is 11.4 Å². The average Bonchev–Trinajstić information content (AvgIpc) is 2.46. The molecule has 2 aromatic carbocycles. The van der Waals surface area contributed by atoms with Crippen molar-refractivity contribution in [3.63, 3.8) is 0 Å². The smallest absolute Gasteiger partial charge is 0.109 e. The Balaban J connectivity index is 0.00000220. The second-order valence-corrected chi connectivity index (χ2v) is 18.5. The van der Waals surface area contributed by atoms with Crippen LogP contribution in [0.3, 0.4) is 0 Å². The monoisotopic (exact) mass is 374 g/mol. The van der Waals surface area contributed by atoms with Gasteiger partial charge in [0.15, 0.2) is 0 Å². The SMILES string of the molecule is C[P+](C)(C)CSP(=S)(c1ccccc1)c1ccccc1.[Cl-]. The summed E-state index contributed by atoms with van der Waals surface area (Å²) < 4.78 is 0. The Morgan fingerprint density at radius 1 is 0.857 bits per heavy atom. The van der Waals surface area contributed by atoms with Crippen LogP contribution in [0.15, 0.2) is 60.7 Å². The van der Waals surface area contributed by atoms with E-state index in [9.17, 15) is 0 Å². The van der Waals surface area contributed by atoms with E-state index in [4.69, 9.17) is 11.8 Å². The summed E-state index contributed by atoms with van der Waals surface area (Å²) in [5.41, 5.74) is 1.19. The van der Waals surface area contributed by atoms with Crippen LogP contribution < -0.4 is 23.0 Å². The number of halogens is 1. The zero-order chi connectivity index (χ0) is 14.6. The zero-order valence-electron chi connectivity index (χ0n) is 12.6. The number of hydrogen-bond donors (Lipinski definition) is 0. The van der Waals surface area contributed by atoms with Crippen molar-refractivity contribution in [2.45, 2.75) is 0 Å². The highest BCUT2D eigenvalue weighted by Gasteiger charge is 2.28. The van der Waals surface area contributed by atoms with Crippen LogP contribution in [-0.2, 0) is 11.8 Å². The van der Waals surface area contributed by atoms with Crippen molar-refractivity contribution in [2.24, 2.45) is 0 Å². The standard InChI is InChI=1S/C16H21P2S2.ClH/c1-17(2,3)14-20-18(19,15-10-6-4-7-11-15)16-12-8-5-9-13-16;/h4-13H,14H2,1-3H3;1H/q+1;/p-1. The van der Waals surface area contributed by atoms with Crippen LogP contribution in [0.4, 0.5) is 0 Å². The molecular formula is C16H21ClP2S2. The van der Waals surface area contributed by atoms with Crippen LogP contribution in [0, 0.1) is 0 Å². The molecule has 0 unspecified atom stereocenters. The van der Waals surface area contributed by atoms with Gasteiger partial charge in [0, 0.05) is 27.3 Å². The Morgan fingerprint density at radius 3 is 1.57 bits per heavy atom. The summed E-state index contributed by atoms with van der Waals surface area (Å²) in [6, 6.07) is 21.3. The first-order valence-electron chi connectivity index (χ1n) is 6.58. The summed E-state index contributed by atoms with van der Waals surface area (Å²) in [6.07, 6.45) is 0. The highest BCUT2D eigenvalue weighted by Crippen LogP contribution is 2.63. The van der Waals surface area contributed by atoms with Crippen molar-refractivity contribution < 1.29 is 12.4 Å². The minimum absolute atomic E-state index is 0. The number of hydrogen-bond acceptors (Lipinski definition) is 2. The summed E-state index contributed by atoms with van der Waals surface area (Å²) in [6.45, 7) is 7.15. The Bertz CT molecular complexity index is 551. The van der Waals surface area contributed by atoms with Gasteiger partial charge in [-0.05, 0) is 10.6 Å². The normalized spacial score (nSPS) is 11.8. The van der Waals surface area contributed by atoms with Crippen molar-refractivity contribution in [1.29, 1.82) is 0 Å². The second-order valence-electron chi connectivity index (χ2n) is 5.77. The third kappa shape index (κ3) is 5.38. The van der Waals surface area contributed by atoms with E-state index in [0.29, 0.717) is 0 Å². The fourth-order valence-electron chi connectivity index (χ4n) is 1.80. The van der Waals surface area contributed by atoms with Gasteiger partial charge in [-0.15, -0.1) is 0 Å². The molecule has 0 aliphatic carbocycles. The van der Waals surface area contributed by atoms with E-state index >= 15 is 0 Å². The van der Waals surface area contributed by atoms with Crippen LogP contribution in [-0.4, -0.2) is 25.5 Å². The molecule has 0 amide bonds. The zero-order valence-corrected chi connectivity index (χ0v) is 16.7. The lowest BCUT2D eigenvalue weighted by Crippen LogP contribution is -3.00. The Labute approximate surface area is 144 Å². The third-order valence-electron chi connectivity index (χ3n) is 2.82.